The van der Waals surface area contributed by atoms with E-state index < -0.39 is 0 Å². The second kappa shape index (κ2) is 7.13. The van der Waals surface area contributed by atoms with Gasteiger partial charge in [0.15, 0.2) is 17.3 Å². The summed E-state index contributed by atoms with van der Waals surface area (Å²) in [7, 11) is 1.63. The molecule has 0 fully saturated rings. The van der Waals surface area contributed by atoms with Crippen LogP contribution in [0.3, 0.4) is 0 Å². The molecule has 1 heterocycles. The van der Waals surface area contributed by atoms with Crippen molar-refractivity contribution >= 4 is 0 Å². The smallest absolute Gasteiger partial charge is 0.174 e. The van der Waals surface area contributed by atoms with Crippen molar-refractivity contribution in [1.29, 1.82) is 0 Å². The summed E-state index contributed by atoms with van der Waals surface area (Å²) in [4.78, 5) is 0. The molecule has 0 aliphatic rings. The molecule has 0 unspecified atom stereocenters. The lowest BCUT2D eigenvalue weighted by molar-refractivity contribution is 0.238. The number of aromatic nitrogens is 1. The minimum Gasteiger partial charge on any atom is -0.493 e. The topological polar surface area (TPSA) is 56.5 Å². The van der Waals surface area contributed by atoms with Gasteiger partial charge in [-0.2, -0.15) is 0 Å². The standard InChI is InChI=1S/C16H22N2O3/c1-11(2)17-9-13-5-6-15(19-4)16(8-13)20-10-14-7-12(3)18-21-14/h5-8,11,17H,9-10H2,1-4H3. The van der Waals surface area contributed by atoms with E-state index in [2.05, 4.69) is 24.3 Å². The number of hydrogen-bond acceptors (Lipinski definition) is 5. The van der Waals surface area contributed by atoms with Gasteiger partial charge >= 0.3 is 0 Å². The molecular weight excluding hydrogens is 268 g/mol. The van der Waals surface area contributed by atoms with Gasteiger partial charge in [-0.3, -0.25) is 0 Å². The Morgan fingerprint density at radius 3 is 2.67 bits per heavy atom. The third-order valence-corrected chi connectivity index (χ3v) is 2.99. The van der Waals surface area contributed by atoms with Crippen LogP contribution in [0.4, 0.5) is 0 Å². The number of hydrogen-bond donors (Lipinski definition) is 1. The molecule has 2 aromatic rings. The van der Waals surface area contributed by atoms with Crippen LogP contribution in [0.2, 0.25) is 0 Å². The summed E-state index contributed by atoms with van der Waals surface area (Å²) in [6, 6.07) is 8.22. The fourth-order valence-corrected chi connectivity index (χ4v) is 1.90. The third kappa shape index (κ3) is 4.49. The largest absolute Gasteiger partial charge is 0.493 e. The Bertz CT molecular complexity index is 579. The van der Waals surface area contributed by atoms with Crippen molar-refractivity contribution in [1.82, 2.24) is 10.5 Å². The first-order chi connectivity index (χ1) is 10.1. The number of rotatable bonds is 7. The molecule has 0 aliphatic carbocycles. The Morgan fingerprint density at radius 2 is 2.05 bits per heavy atom. The van der Waals surface area contributed by atoms with E-state index >= 15 is 0 Å². The molecule has 1 aromatic heterocycles. The summed E-state index contributed by atoms with van der Waals surface area (Å²) < 4.78 is 16.3. The van der Waals surface area contributed by atoms with Crippen LogP contribution in [0.15, 0.2) is 28.8 Å². The molecule has 0 saturated carbocycles. The molecule has 0 atom stereocenters. The number of ether oxygens (including phenoxy) is 2. The van der Waals surface area contributed by atoms with Crippen molar-refractivity contribution < 1.29 is 14.0 Å². The van der Waals surface area contributed by atoms with Crippen LogP contribution >= 0.6 is 0 Å². The molecule has 5 heteroatoms. The van der Waals surface area contributed by atoms with Crippen LogP contribution in [-0.4, -0.2) is 18.3 Å². The minimum atomic E-state index is 0.332. The summed E-state index contributed by atoms with van der Waals surface area (Å²) in [5.41, 5.74) is 1.99. The van der Waals surface area contributed by atoms with Crippen molar-refractivity contribution in [2.45, 2.75) is 40.0 Å². The van der Waals surface area contributed by atoms with Gasteiger partial charge in [-0.15, -0.1) is 0 Å². The molecule has 0 amide bonds. The zero-order valence-electron chi connectivity index (χ0n) is 13.0. The zero-order valence-corrected chi connectivity index (χ0v) is 13.0. The van der Waals surface area contributed by atoms with Crippen LogP contribution in [-0.2, 0) is 13.2 Å². The van der Waals surface area contributed by atoms with Crippen LogP contribution < -0.4 is 14.8 Å². The molecule has 0 radical (unpaired) electrons. The maximum atomic E-state index is 5.79. The molecule has 0 aliphatic heterocycles. The normalized spacial score (nSPS) is 10.9. The molecule has 114 valence electrons. The molecule has 21 heavy (non-hydrogen) atoms. The van der Waals surface area contributed by atoms with E-state index in [0.717, 1.165) is 17.8 Å². The van der Waals surface area contributed by atoms with Crippen molar-refractivity contribution in [3.63, 3.8) is 0 Å². The van der Waals surface area contributed by atoms with E-state index in [4.69, 9.17) is 14.0 Å². The average molecular weight is 290 g/mol. The van der Waals surface area contributed by atoms with Gasteiger partial charge in [-0.05, 0) is 24.6 Å². The summed E-state index contributed by atoms with van der Waals surface area (Å²) in [5.74, 6) is 2.11. The maximum Gasteiger partial charge on any atom is 0.174 e. The fraction of sp³-hybridized carbons (Fsp3) is 0.438. The van der Waals surface area contributed by atoms with Crippen molar-refractivity contribution in [3.05, 3.63) is 41.3 Å². The summed E-state index contributed by atoms with van der Waals surface area (Å²) >= 11 is 0. The van der Waals surface area contributed by atoms with Crippen LogP contribution in [0, 0.1) is 6.92 Å². The van der Waals surface area contributed by atoms with Gasteiger partial charge in [0.05, 0.1) is 12.8 Å². The average Bonchev–Trinajstić information content (AvgIpc) is 2.88. The van der Waals surface area contributed by atoms with Gasteiger partial charge in [0, 0.05) is 18.7 Å². The first-order valence-corrected chi connectivity index (χ1v) is 7.03. The third-order valence-electron chi connectivity index (χ3n) is 2.99. The van der Waals surface area contributed by atoms with Crippen LogP contribution in [0.5, 0.6) is 11.5 Å². The van der Waals surface area contributed by atoms with Gasteiger partial charge in [-0.25, -0.2) is 0 Å². The second-order valence-corrected chi connectivity index (χ2v) is 5.24. The minimum absolute atomic E-state index is 0.332. The number of aryl methyl sites for hydroxylation is 1. The van der Waals surface area contributed by atoms with Crippen molar-refractivity contribution in [2.24, 2.45) is 0 Å². The SMILES string of the molecule is COc1ccc(CNC(C)C)cc1OCc1cc(C)no1. The highest BCUT2D eigenvalue weighted by molar-refractivity contribution is 5.43. The lowest BCUT2D eigenvalue weighted by atomic mass is 10.2. The van der Waals surface area contributed by atoms with Crippen molar-refractivity contribution in [3.8, 4) is 11.5 Å². The quantitative estimate of drug-likeness (QED) is 0.849. The first kappa shape index (κ1) is 15.4. The van der Waals surface area contributed by atoms with E-state index in [9.17, 15) is 0 Å². The predicted molar refractivity (Wildman–Crippen MR) is 80.5 cm³/mol. The monoisotopic (exact) mass is 290 g/mol. The number of nitrogens with zero attached hydrogens (tertiary/aromatic N) is 1. The summed E-state index contributed by atoms with van der Waals surface area (Å²) in [6.07, 6.45) is 0. The molecule has 0 bridgehead atoms. The summed E-state index contributed by atoms with van der Waals surface area (Å²) in [6.45, 7) is 7.24. The van der Waals surface area contributed by atoms with E-state index in [-0.39, 0.29) is 0 Å². The molecule has 5 nitrogen and oxygen atoms in total. The highest BCUT2D eigenvalue weighted by atomic mass is 16.5. The zero-order chi connectivity index (χ0) is 15.2. The first-order valence-electron chi connectivity index (χ1n) is 7.03. The lowest BCUT2D eigenvalue weighted by Crippen LogP contribution is -2.21. The molecular formula is C16H22N2O3. The van der Waals surface area contributed by atoms with Crippen LogP contribution in [0.1, 0.15) is 30.9 Å². The lowest BCUT2D eigenvalue weighted by Gasteiger charge is -2.13. The highest BCUT2D eigenvalue weighted by Gasteiger charge is 2.08. The Labute approximate surface area is 125 Å². The Kier molecular flexibility index (Phi) is 5.22. The number of methoxy groups -OCH3 is 1. The van der Waals surface area contributed by atoms with E-state index in [0.29, 0.717) is 29.9 Å². The van der Waals surface area contributed by atoms with Crippen LogP contribution in [0.25, 0.3) is 0 Å². The number of nitrogens with one attached hydrogen (secondary N) is 1. The fourth-order valence-electron chi connectivity index (χ4n) is 1.90. The predicted octanol–water partition coefficient (Wildman–Crippen LogP) is 3.07. The van der Waals surface area contributed by atoms with Gasteiger partial charge in [0.2, 0.25) is 0 Å². The van der Waals surface area contributed by atoms with Crippen molar-refractivity contribution in [2.75, 3.05) is 7.11 Å². The molecule has 1 N–H and O–H groups in total. The molecule has 0 spiro atoms. The van der Waals surface area contributed by atoms with Gasteiger partial charge < -0.3 is 19.3 Å². The molecule has 2 rings (SSSR count). The van der Waals surface area contributed by atoms with Gasteiger partial charge in [0.25, 0.3) is 0 Å². The maximum absolute atomic E-state index is 5.79. The van der Waals surface area contributed by atoms with E-state index in [1.165, 1.54) is 0 Å². The summed E-state index contributed by atoms with van der Waals surface area (Å²) in [5, 5.41) is 7.22. The van der Waals surface area contributed by atoms with E-state index in [1.807, 2.05) is 31.2 Å². The van der Waals surface area contributed by atoms with Gasteiger partial charge in [-0.1, -0.05) is 25.1 Å². The Balaban J connectivity index is 2.06. The second-order valence-electron chi connectivity index (χ2n) is 5.24. The Hall–Kier alpha value is -2.01. The van der Waals surface area contributed by atoms with E-state index in [1.54, 1.807) is 7.11 Å². The highest BCUT2D eigenvalue weighted by Crippen LogP contribution is 2.29. The molecule has 1 aromatic carbocycles. The molecule has 0 saturated heterocycles. The number of benzene rings is 1. The Morgan fingerprint density at radius 1 is 1.24 bits per heavy atom. The van der Waals surface area contributed by atoms with Gasteiger partial charge in [0.1, 0.15) is 6.61 Å².